The molecule has 2 heterocycles. The molecule has 5 aromatic rings. The summed E-state index contributed by atoms with van der Waals surface area (Å²) in [5.41, 5.74) is 3.83. The number of pyridine rings is 1. The Balaban J connectivity index is 1.44. The molecule has 3 N–H and O–H groups in total. The zero-order valence-corrected chi connectivity index (χ0v) is 24.2. The highest BCUT2D eigenvalue weighted by Gasteiger charge is 2.39. The molecule has 2 aromatic heterocycles. The molecule has 0 saturated heterocycles. The lowest BCUT2D eigenvalue weighted by molar-refractivity contribution is -0.00907. The van der Waals surface area contributed by atoms with E-state index in [1.54, 1.807) is 58.8 Å². The van der Waals surface area contributed by atoms with Gasteiger partial charge in [-0.05, 0) is 48.0 Å². The monoisotopic (exact) mass is 567 g/mol. The number of benzene rings is 3. The molecule has 42 heavy (non-hydrogen) atoms. The van der Waals surface area contributed by atoms with Gasteiger partial charge in [-0.3, -0.25) is 4.79 Å². The van der Waals surface area contributed by atoms with E-state index < -0.39 is 11.6 Å². The summed E-state index contributed by atoms with van der Waals surface area (Å²) in [6, 6.07) is 18.7. The maximum absolute atomic E-state index is 14.1. The van der Waals surface area contributed by atoms with Crippen molar-refractivity contribution in [2.45, 2.75) is 31.4 Å². The molecule has 3 aromatic carbocycles. The largest absolute Gasteiger partial charge is 0.497 e. The average molecular weight is 568 g/mol. The molecular weight excluding hydrogens is 534 g/mol. The van der Waals surface area contributed by atoms with Crippen LogP contribution in [0.5, 0.6) is 23.0 Å². The molecule has 0 radical (unpaired) electrons. The van der Waals surface area contributed by atoms with Crippen LogP contribution in [0.4, 0.5) is 0 Å². The Morgan fingerprint density at radius 3 is 2.38 bits per heavy atom. The van der Waals surface area contributed by atoms with Gasteiger partial charge in [-0.15, -0.1) is 0 Å². The summed E-state index contributed by atoms with van der Waals surface area (Å²) in [5, 5.41) is 16.4. The van der Waals surface area contributed by atoms with Gasteiger partial charge in [-0.25, -0.2) is 4.98 Å². The van der Waals surface area contributed by atoms with Crippen LogP contribution >= 0.6 is 0 Å². The lowest BCUT2D eigenvalue weighted by Gasteiger charge is -2.36. The summed E-state index contributed by atoms with van der Waals surface area (Å²) in [6.45, 7) is 2.06. The quantitative estimate of drug-likeness (QED) is 0.220. The smallest absolute Gasteiger partial charge is 0.254 e. The molecule has 0 saturated carbocycles. The zero-order valence-electron chi connectivity index (χ0n) is 24.2. The van der Waals surface area contributed by atoms with Gasteiger partial charge in [0.05, 0.1) is 45.2 Å². The van der Waals surface area contributed by atoms with Crippen LogP contribution in [-0.4, -0.2) is 55.1 Å². The zero-order chi connectivity index (χ0) is 29.6. The first-order valence-corrected chi connectivity index (χ1v) is 13.7. The number of methoxy groups -OCH3 is 4. The van der Waals surface area contributed by atoms with Gasteiger partial charge in [0.2, 0.25) is 5.75 Å². The molecule has 0 fully saturated rings. The van der Waals surface area contributed by atoms with Crippen LogP contribution in [0, 0.1) is 0 Å². The fraction of sp³-hybridized carbons (Fsp3) is 0.273. The Bertz CT molecular complexity index is 1810. The minimum atomic E-state index is -1.45. The first-order chi connectivity index (χ1) is 20.3. The van der Waals surface area contributed by atoms with Crippen molar-refractivity contribution in [3.63, 3.8) is 0 Å². The normalized spacial score (nSPS) is 18.0. The maximum atomic E-state index is 14.1. The highest BCUT2D eigenvalue weighted by atomic mass is 16.5. The van der Waals surface area contributed by atoms with Crippen molar-refractivity contribution < 1.29 is 28.8 Å². The Morgan fingerprint density at radius 2 is 1.69 bits per heavy atom. The van der Waals surface area contributed by atoms with Crippen LogP contribution in [-0.2, 0) is 6.42 Å². The van der Waals surface area contributed by atoms with Crippen LogP contribution in [0.1, 0.15) is 40.9 Å². The second-order valence-corrected chi connectivity index (χ2v) is 10.7. The van der Waals surface area contributed by atoms with Gasteiger partial charge in [0.1, 0.15) is 11.5 Å². The molecule has 1 aliphatic carbocycles. The molecule has 216 valence electrons. The molecule has 0 bridgehead atoms. The number of H-pyrrole nitrogens is 1. The van der Waals surface area contributed by atoms with Gasteiger partial charge in [-0.2, -0.15) is 0 Å². The number of aromatic nitrogens is 2. The summed E-state index contributed by atoms with van der Waals surface area (Å²) in [4.78, 5) is 22.4. The number of hydrogen-bond acceptors (Lipinski definition) is 7. The highest BCUT2D eigenvalue weighted by molar-refractivity contribution is 6.08. The molecule has 0 spiro atoms. The SMILES string of the molecule is COc1ccc2nc(-c3cc(OC)c(OC)c(OC)c3)cc(C(=O)NC3(O)Cc4c([nH]c5ccccc45)[C@@H](C)C3)c2c1. The minimum Gasteiger partial charge on any atom is -0.497 e. The van der Waals surface area contributed by atoms with Gasteiger partial charge in [0, 0.05) is 46.3 Å². The summed E-state index contributed by atoms with van der Waals surface area (Å²) in [6.07, 6.45) is 0.652. The van der Waals surface area contributed by atoms with E-state index in [-0.39, 0.29) is 12.3 Å². The molecule has 6 rings (SSSR count). The number of ether oxygens (including phenoxy) is 4. The van der Waals surface area contributed by atoms with Crippen molar-refractivity contribution in [2.75, 3.05) is 28.4 Å². The topological polar surface area (TPSA) is 115 Å². The van der Waals surface area contributed by atoms with Crippen LogP contribution in [0.2, 0.25) is 0 Å². The predicted molar refractivity (Wildman–Crippen MR) is 161 cm³/mol. The first-order valence-electron chi connectivity index (χ1n) is 13.7. The third kappa shape index (κ3) is 4.65. The highest BCUT2D eigenvalue weighted by Crippen LogP contribution is 2.42. The molecule has 2 atom stereocenters. The third-order valence-corrected chi connectivity index (χ3v) is 8.02. The molecular formula is C33H33N3O6. The van der Waals surface area contributed by atoms with E-state index in [2.05, 4.69) is 17.2 Å². The Kier molecular flexibility index (Phi) is 6.90. The summed E-state index contributed by atoms with van der Waals surface area (Å²) >= 11 is 0. The van der Waals surface area contributed by atoms with Crippen molar-refractivity contribution in [1.82, 2.24) is 15.3 Å². The van der Waals surface area contributed by atoms with Gasteiger partial charge in [0.15, 0.2) is 11.5 Å². The number of rotatable bonds is 7. The Hall–Kier alpha value is -4.76. The summed E-state index contributed by atoms with van der Waals surface area (Å²) in [7, 11) is 6.21. The van der Waals surface area contributed by atoms with Gasteiger partial charge in [0.25, 0.3) is 5.91 Å². The Labute approximate surface area is 243 Å². The van der Waals surface area contributed by atoms with E-state index in [9.17, 15) is 9.90 Å². The van der Waals surface area contributed by atoms with E-state index >= 15 is 0 Å². The maximum Gasteiger partial charge on any atom is 0.254 e. The number of nitrogens with zero attached hydrogens (tertiary/aromatic N) is 1. The molecule has 1 amide bonds. The number of aliphatic hydroxyl groups is 1. The van der Waals surface area contributed by atoms with E-state index in [4.69, 9.17) is 23.9 Å². The van der Waals surface area contributed by atoms with Gasteiger partial charge < -0.3 is 34.4 Å². The number of carbonyl (C=O) groups is 1. The second-order valence-electron chi connectivity index (χ2n) is 10.7. The number of amides is 1. The number of hydrogen-bond donors (Lipinski definition) is 3. The van der Waals surface area contributed by atoms with Crippen molar-refractivity contribution in [3.05, 3.63) is 77.5 Å². The molecule has 1 unspecified atom stereocenters. The fourth-order valence-corrected chi connectivity index (χ4v) is 6.08. The second kappa shape index (κ2) is 10.6. The van der Waals surface area contributed by atoms with Crippen LogP contribution < -0.4 is 24.3 Å². The third-order valence-electron chi connectivity index (χ3n) is 8.02. The first kappa shape index (κ1) is 27.4. The van der Waals surface area contributed by atoms with E-state index in [1.165, 1.54) is 0 Å². The molecule has 9 heteroatoms. The standard InChI is InChI=1S/C33H33N3O6/c1-18-16-33(38,17-24-21-8-6-7-9-25(21)35-30(18)24)36-32(37)23-15-27(34-26-11-10-20(39-2)14-22(23)26)19-12-28(40-3)31(42-5)29(13-19)41-4/h6-15,18,35,38H,16-17H2,1-5H3,(H,36,37)/t18-,33?/m0/s1. The van der Waals surface area contributed by atoms with Crippen molar-refractivity contribution in [2.24, 2.45) is 0 Å². The number of fused-ring (bicyclic) bond motifs is 4. The summed E-state index contributed by atoms with van der Waals surface area (Å²) in [5.74, 6) is 1.58. The lowest BCUT2D eigenvalue weighted by atomic mass is 9.82. The molecule has 1 aliphatic rings. The number of nitrogens with one attached hydrogen (secondary N) is 2. The Morgan fingerprint density at radius 1 is 0.952 bits per heavy atom. The number of aromatic amines is 1. The van der Waals surface area contributed by atoms with Crippen molar-refractivity contribution >= 4 is 27.7 Å². The lowest BCUT2D eigenvalue weighted by Crippen LogP contribution is -2.52. The van der Waals surface area contributed by atoms with E-state index in [0.29, 0.717) is 57.1 Å². The van der Waals surface area contributed by atoms with Crippen molar-refractivity contribution in [3.8, 4) is 34.3 Å². The average Bonchev–Trinajstić information content (AvgIpc) is 3.37. The minimum absolute atomic E-state index is 0.00974. The van der Waals surface area contributed by atoms with E-state index in [1.807, 2.05) is 30.3 Å². The van der Waals surface area contributed by atoms with Crippen molar-refractivity contribution in [1.29, 1.82) is 0 Å². The number of para-hydroxylation sites is 1. The number of carbonyl (C=O) groups excluding carboxylic acids is 1. The van der Waals surface area contributed by atoms with E-state index in [0.717, 1.165) is 22.2 Å². The molecule has 0 aliphatic heterocycles. The van der Waals surface area contributed by atoms with Crippen LogP contribution in [0.25, 0.3) is 33.1 Å². The van der Waals surface area contributed by atoms with Gasteiger partial charge >= 0.3 is 0 Å². The fourth-order valence-electron chi connectivity index (χ4n) is 6.08. The predicted octanol–water partition coefficient (Wildman–Crippen LogP) is 5.59. The van der Waals surface area contributed by atoms with Gasteiger partial charge in [-0.1, -0.05) is 25.1 Å². The van der Waals surface area contributed by atoms with Crippen LogP contribution in [0.15, 0.2) is 60.7 Å². The molecule has 9 nitrogen and oxygen atoms in total. The van der Waals surface area contributed by atoms with Crippen LogP contribution in [0.3, 0.4) is 0 Å². The summed E-state index contributed by atoms with van der Waals surface area (Å²) < 4.78 is 22.0.